The summed E-state index contributed by atoms with van der Waals surface area (Å²) >= 11 is 0. The number of hydrogen-bond acceptors (Lipinski definition) is 4. The summed E-state index contributed by atoms with van der Waals surface area (Å²) in [6, 6.07) is 6.21. The van der Waals surface area contributed by atoms with E-state index in [1.165, 1.54) is 5.56 Å². The molecule has 0 fully saturated rings. The summed E-state index contributed by atoms with van der Waals surface area (Å²) in [6.45, 7) is 11.1. The maximum absolute atomic E-state index is 5.84. The largest absolute Gasteiger partial charge is 0.491 e. The SMILES string of the molecule is CCNC(=NCc1ccc(C)cc1OCCOC)NCCCCOCC.I. The van der Waals surface area contributed by atoms with Crippen LogP contribution >= 0.6 is 24.0 Å². The molecule has 27 heavy (non-hydrogen) atoms. The van der Waals surface area contributed by atoms with Crippen LogP contribution in [0.25, 0.3) is 0 Å². The molecule has 0 saturated carbocycles. The van der Waals surface area contributed by atoms with E-state index in [1.807, 2.05) is 6.92 Å². The highest BCUT2D eigenvalue weighted by atomic mass is 127. The molecule has 1 aromatic carbocycles. The number of nitrogens with zero attached hydrogens (tertiary/aromatic N) is 1. The third kappa shape index (κ3) is 12.1. The topological polar surface area (TPSA) is 64.1 Å². The van der Waals surface area contributed by atoms with Crippen LogP contribution in [0.3, 0.4) is 0 Å². The molecule has 7 heteroatoms. The predicted molar refractivity (Wildman–Crippen MR) is 123 cm³/mol. The first-order chi connectivity index (χ1) is 12.7. The van der Waals surface area contributed by atoms with Crippen molar-refractivity contribution in [3.05, 3.63) is 29.3 Å². The number of nitrogens with one attached hydrogen (secondary N) is 2. The second-order valence-electron chi connectivity index (χ2n) is 5.98. The summed E-state index contributed by atoms with van der Waals surface area (Å²) in [4.78, 5) is 4.69. The van der Waals surface area contributed by atoms with Crippen molar-refractivity contribution in [2.45, 2.75) is 40.2 Å². The van der Waals surface area contributed by atoms with Crippen LogP contribution in [0.1, 0.15) is 37.8 Å². The molecule has 0 aliphatic rings. The molecule has 0 atom stereocenters. The maximum atomic E-state index is 5.84. The minimum absolute atomic E-state index is 0. The third-order valence-corrected chi connectivity index (χ3v) is 3.73. The van der Waals surface area contributed by atoms with E-state index < -0.39 is 0 Å². The van der Waals surface area contributed by atoms with Gasteiger partial charge in [-0.05, 0) is 45.2 Å². The molecular weight excluding hydrogens is 457 g/mol. The Morgan fingerprint density at radius 1 is 1.07 bits per heavy atom. The zero-order chi connectivity index (χ0) is 19.0. The molecule has 0 aliphatic heterocycles. The fourth-order valence-electron chi connectivity index (χ4n) is 2.35. The van der Waals surface area contributed by atoms with Gasteiger partial charge in [0.2, 0.25) is 0 Å². The van der Waals surface area contributed by atoms with Gasteiger partial charge in [-0.1, -0.05) is 12.1 Å². The Bertz CT molecular complexity index is 527. The summed E-state index contributed by atoms with van der Waals surface area (Å²) in [7, 11) is 1.67. The highest BCUT2D eigenvalue weighted by molar-refractivity contribution is 14.0. The normalized spacial score (nSPS) is 11.0. The Labute approximate surface area is 181 Å². The van der Waals surface area contributed by atoms with Crippen molar-refractivity contribution in [1.29, 1.82) is 0 Å². The number of unbranched alkanes of at least 4 members (excludes halogenated alkanes) is 1. The average molecular weight is 493 g/mol. The van der Waals surface area contributed by atoms with Crippen molar-refractivity contribution in [1.82, 2.24) is 10.6 Å². The van der Waals surface area contributed by atoms with E-state index in [1.54, 1.807) is 7.11 Å². The molecule has 0 radical (unpaired) electrons. The number of aryl methyl sites for hydroxylation is 1. The van der Waals surface area contributed by atoms with Crippen molar-refractivity contribution in [2.75, 3.05) is 46.6 Å². The number of guanidine groups is 1. The number of aliphatic imine (C=N–C) groups is 1. The van der Waals surface area contributed by atoms with Crippen LogP contribution < -0.4 is 15.4 Å². The van der Waals surface area contributed by atoms with Crippen molar-refractivity contribution in [2.24, 2.45) is 4.99 Å². The molecule has 0 unspecified atom stereocenters. The van der Waals surface area contributed by atoms with Crippen LogP contribution in [-0.2, 0) is 16.0 Å². The molecule has 0 bridgehead atoms. The smallest absolute Gasteiger partial charge is 0.191 e. The van der Waals surface area contributed by atoms with Gasteiger partial charge >= 0.3 is 0 Å². The first kappa shape index (κ1) is 25.9. The highest BCUT2D eigenvalue weighted by Gasteiger charge is 2.05. The van der Waals surface area contributed by atoms with Gasteiger partial charge in [0.15, 0.2) is 5.96 Å². The quantitative estimate of drug-likeness (QED) is 0.191. The lowest BCUT2D eigenvalue weighted by molar-refractivity contribution is 0.143. The van der Waals surface area contributed by atoms with E-state index in [0.29, 0.717) is 19.8 Å². The van der Waals surface area contributed by atoms with Gasteiger partial charge in [0.1, 0.15) is 12.4 Å². The minimum Gasteiger partial charge on any atom is -0.491 e. The molecular formula is C20H36IN3O3. The first-order valence-electron chi connectivity index (χ1n) is 9.52. The standard InChI is InChI=1S/C20H35N3O3.HI/c1-5-21-20(22-11-7-8-12-25-6-2)23-16-18-10-9-17(3)15-19(18)26-14-13-24-4;/h9-10,15H,5-8,11-14,16H2,1-4H3,(H2,21,22,23);1H. The summed E-state index contributed by atoms with van der Waals surface area (Å²) in [5, 5.41) is 6.66. The predicted octanol–water partition coefficient (Wildman–Crippen LogP) is 3.51. The molecule has 156 valence electrons. The van der Waals surface area contributed by atoms with Gasteiger partial charge in [-0.2, -0.15) is 0 Å². The van der Waals surface area contributed by atoms with Gasteiger partial charge in [0, 0.05) is 39.0 Å². The number of rotatable bonds is 13. The molecule has 0 aliphatic carbocycles. The number of hydrogen-bond donors (Lipinski definition) is 2. The second kappa shape index (κ2) is 17.1. The third-order valence-electron chi connectivity index (χ3n) is 3.73. The Morgan fingerprint density at radius 3 is 2.59 bits per heavy atom. The maximum Gasteiger partial charge on any atom is 0.191 e. The van der Waals surface area contributed by atoms with Crippen LogP contribution in [0, 0.1) is 6.92 Å². The van der Waals surface area contributed by atoms with Gasteiger partial charge in [-0.3, -0.25) is 0 Å². The second-order valence-corrected chi connectivity index (χ2v) is 5.98. The summed E-state index contributed by atoms with van der Waals surface area (Å²) in [6.07, 6.45) is 2.11. The summed E-state index contributed by atoms with van der Waals surface area (Å²) < 4.78 is 16.3. The number of halogens is 1. The first-order valence-corrected chi connectivity index (χ1v) is 9.52. The van der Waals surface area contributed by atoms with Gasteiger partial charge in [0.25, 0.3) is 0 Å². The van der Waals surface area contributed by atoms with Gasteiger partial charge < -0.3 is 24.8 Å². The molecule has 2 N–H and O–H groups in total. The molecule has 1 rings (SSSR count). The fraction of sp³-hybridized carbons (Fsp3) is 0.650. The molecule has 0 saturated heterocycles. The van der Waals surface area contributed by atoms with Gasteiger partial charge in [0.05, 0.1) is 13.2 Å². The zero-order valence-electron chi connectivity index (χ0n) is 17.2. The molecule has 0 spiro atoms. The van der Waals surface area contributed by atoms with Crippen LogP contribution in [0.15, 0.2) is 23.2 Å². The van der Waals surface area contributed by atoms with Crippen molar-refractivity contribution in [3.8, 4) is 5.75 Å². The van der Waals surface area contributed by atoms with Gasteiger partial charge in [-0.15, -0.1) is 24.0 Å². The van der Waals surface area contributed by atoms with Crippen LogP contribution in [0.4, 0.5) is 0 Å². The summed E-state index contributed by atoms with van der Waals surface area (Å²) in [5.74, 6) is 1.70. The van der Waals surface area contributed by atoms with E-state index in [0.717, 1.165) is 56.4 Å². The monoisotopic (exact) mass is 493 g/mol. The average Bonchev–Trinajstić information content (AvgIpc) is 2.63. The van der Waals surface area contributed by atoms with Crippen molar-refractivity contribution in [3.63, 3.8) is 0 Å². The number of ether oxygens (including phenoxy) is 3. The zero-order valence-corrected chi connectivity index (χ0v) is 19.5. The lowest BCUT2D eigenvalue weighted by atomic mass is 10.1. The van der Waals surface area contributed by atoms with Crippen molar-refractivity contribution >= 4 is 29.9 Å². The van der Waals surface area contributed by atoms with E-state index >= 15 is 0 Å². The Kier molecular flexibility index (Phi) is 16.4. The molecule has 0 amide bonds. The highest BCUT2D eigenvalue weighted by Crippen LogP contribution is 2.21. The Balaban J connectivity index is 0.00000676. The molecule has 1 aromatic rings. The van der Waals surface area contributed by atoms with Crippen LogP contribution in [0.5, 0.6) is 5.75 Å². The Morgan fingerprint density at radius 2 is 1.89 bits per heavy atom. The lowest BCUT2D eigenvalue weighted by Gasteiger charge is -2.13. The fourth-order valence-corrected chi connectivity index (χ4v) is 2.35. The minimum atomic E-state index is 0. The summed E-state index contributed by atoms with van der Waals surface area (Å²) in [5.41, 5.74) is 2.24. The van der Waals surface area contributed by atoms with E-state index in [2.05, 4.69) is 47.7 Å². The lowest BCUT2D eigenvalue weighted by Crippen LogP contribution is -2.37. The molecule has 0 aromatic heterocycles. The van der Waals surface area contributed by atoms with Crippen LogP contribution in [0.2, 0.25) is 0 Å². The van der Waals surface area contributed by atoms with Gasteiger partial charge in [-0.25, -0.2) is 4.99 Å². The molecule has 0 heterocycles. The van der Waals surface area contributed by atoms with E-state index in [-0.39, 0.29) is 24.0 Å². The van der Waals surface area contributed by atoms with Crippen molar-refractivity contribution < 1.29 is 14.2 Å². The van der Waals surface area contributed by atoms with E-state index in [4.69, 9.17) is 14.2 Å². The molecule has 6 nitrogen and oxygen atoms in total. The number of benzene rings is 1. The number of methoxy groups -OCH3 is 1. The Hall–Kier alpha value is -1.06. The van der Waals surface area contributed by atoms with E-state index in [9.17, 15) is 0 Å². The van der Waals surface area contributed by atoms with Crippen LogP contribution in [-0.4, -0.2) is 52.6 Å².